The largest absolute Gasteiger partial charge is 0.355 e. The number of carbonyl (C=O) groups is 1. The van der Waals surface area contributed by atoms with Crippen LogP contribution in [0, 0.1) is 0 Å². The molecule has 6 heteroatoms. The van der Waals surface area contributed by atoms with Gasteiger partial charge in [0.2, 0.25) is 17.6 Å². The minimum absolute atomic E-state index is 0.0242. The third kappa shape index (κ3) is 4.00. The van der Waals surface area contributed by atoms with Crippen molar-refractivity contribution in [3.05, 3.63) is 36.2 Å². The van der Waals surface area contributed by atoms with Crippen LogP contribution in [0.1, 0.15) is 44.5 Å². The first kappa shape index (κ1) is 16.6. The zero-order valence-electron chi connectivity index (χ0n) is 14.1. The molecule has 1 saturated heterocycles. The first-order chi connectivity index (χ1) is 11.8. The standard InChI is InChI=1S/C18H24N4O2/c1-2-11-19-16(23)13-22-12-7-6-10-15(22)18-20-17(21-24-18)14-8-4-3-5-9-14/h3-5,8-9,15H,2,6-7,10-13H2,1H3,(H,19,23). The number of carbonyl (C=O) groups excluding carboxylic acids is 1. The zero-order chi connectivity index (χ0) is 16.8. The number of amides is 1. The average molecular weight is 328 g/mol. The molecule has 1 aromatic heterocycles. The summed E-state index contributed by atoms with van der Waals surface area (Å²) in [6, 6.07) is 9.82. The van der Waals surface area contributed by atoms with E-state index >= 15 is 0 Å². The Bertz CT molecular complexity index is 656. The third-order valence-electron chi connectivity index (χ3n) is 4.29. The SMILES string of the molecule is CCCNC(=O)CN1CCCCC1c1nc(-c2ccccc2)no1. The number of piperidine rings is 1. The van der Waals surface area contributed by atoms with E-state index in [-0.39, 0.29) is 11.9 Å². The number of likely N-dealkylation sites (tertiary alicyclic amines) is 1. The first-order valence-electron chi connectivity index (χ1n) is 8.67. The van der Waals surface area contributed by atoms with E-state index in [1.807, 2.05) is 37.3 Å². The molecule has 2 heterocycles. The molecule has 0 radical (unpaired) electrons. The lowest BCUT2D eigenvalue weighted by Crippen LogP contribution is -2.41. The van der Waals surface area contributed by atoms with Gasteiger partial charge in [0.25, 0.3) is 0 Å². The lowest BCUT2D eigenvalue weighted by atomic mass is 10.0. The van der Waals surface area contributed by atoms with E-state index in [2.05, 4.69) is 20.4 Å². The second kappa shape index (κ2) is 8.06. The molecule has 1 aliphatic heterocycles. The summed E-state index contributed by atoms with van der Waals surface area (Å²) in [5.41, 5.74) is 0.940. The van der Waals surface area contributed by atoms with Crippen LogP contribution < -0.4 is 5.32 Å². The topological polar surface area (TPSA) is 71.3 Å². The molecule has 1 N–H and O–H groups in total. The molecule has 0 aliphatic carbocycles. The van der Waals surface area contributed by atoms with Gasteiger partial charge in [-0.2, -0.15) is 4.98 Å². The van der Waals surface area contributed by atoms with Gasteiger partial charge in [0, 0.05) is 12.1 Å². The van der Waals surface area contributed by atoms with Crippen LogP contribution >= 0.6 is 0 Å². The Morgan fingerprint density at radius 3 is 2.96 bits per heavy atom. The Morgan fingerprint density at radius 2 is 2.17 bits per heavy atom. The van der Waals surface area contributed by atoms with Crippen LogP contribution in [-0.4, -0.2) is 40.6 Å². The number of nitrogens with one attached hydrogen (secondary N) is 1. The lowest BCUT2D eigenvalue weighted by molar-refractivity contribution is -0.123. The summed E-state index contributed by atoms with van der Waals surface area (Å²) in [5, 5.41) is 7.05. The number of benzene rings is 1. The van der Waals surface area contributed by atoms with Gasteiger partial charge < -0.3 is 9.84 Å². The molecule has 3 rings (SSSR count). The fraction of sp³-hybridized carbons (Fsp3) is 0.500. The number of hydrogen-bond acceptors (Lipinski definition) is 5. The maximum absolute atomic E-state index is 12.1. The molecule has 2 aromatic rings. The van der Waals surface area contributed by atoms with Gasteiger partial charge in [-0.05, 0) is 25.8 Å². The Labute approximate surface area is 142 Å². The Kier molecular flexibility index (Phi) is 5.59. The number of aromatic nitrogens is 2. The Balaban J connectivity index is 1.71. The van der Waals surface area contributed by atoms with E-state index in [0.29, 0.717) is 18.3 Å². The van der Waals surface area contributed by atoms with Crippen molar-refractivity contribution in [3.63, 3.8) is 0 Å². The minimum atomic E-state index is 0.0242. The zero-order valence-corrected chi connectivity index (χ0v) is 14.1. The van der Waals surface area contributed by atoms with Crippen LogP contribution in [0.15, 0.2) is 34.9 Å². The van der Waals surface area contributed by atoms with Crippen LogP contribution in [-0.2, 0) is 4.79 Å². The molecule has 128 valence electrons. The van der Waals surface area contributed by atoms with Gasteiger partial charge in [-0.15, -0.1) is 0 Å². The minimum Gasteiger partial charge on any atom is -0.355 e. The molecule has 0 bridgehead atoms. The van der Waals surface area contributed by atoms with Gasteiger partial charge in [-0.3, -0.25) is 9.69 Å². The smallest absolute Gasteiger partial charge is 0.244 e. The van der Waals surface area contributed by atoms with Crippen molar-refractivity contribution in [1.82, 2.24) is 20.4 Å². The van der Waals surface area contributed by atoms with Gasteiger partial charge in [0.05, 0.1) is 12.6 Å². The van der Waals surface area contributed by atoms with Crippen molar-refractivity contribution in [1.29, 1.82) is 0 Å². The number of rotatable bonds is 6. The van der Waals surface area contributed by atoms with Gasteiger partial charge in [0.15, 0.2) is 0 Å². The molecule has 6 nitrogen and oxygen atoms in total. The maximum atomic E-state index is 12.1. The average Bonchev–Trinajstić information content (AvgIpc) is 3.11. The molecule has 1 amide bonds. The molecule has 24 heavy (non-hydrogen) atoms. The molecular weight excluding hydrogens is 304 g/mol. The summed E-state index contributed by atoms with van der Waals surface area (Å²) >= 11 is 0. The highest BCUT2D eigenvalue weighted by atomic mass is 16.5. The molecule has 1 aromatic carbocycles. The van der Waals surface area contributed by atoms with Crippen molar-refractivity contribution < 1.29 is 9.32 Å². The van der Waals surface area contributed by atoms with E-state index in [9.17, 15) is 4.79 Å². The Morgan fingerprint density at radius 1 is 1.33 bits per heavy atom. The van der Waals surface area contributed by atoms with Gasteiger partial charge in [0.1, 0.15) is 0 Å². The molecular formula is C18H24N4O2. The summed E-state index contributed by atoms with van der Waals surface area (Å²) in [7, 11) is 0. The second-order valence-electron chi connectivity index (χ2n) is 6.15. The summed E-state index contributed by atoms with van der Waals surface area (Å²) in [6.07, 6.45) is 4.09. The van der Waals surface area contributed by atoms with E-state index in [1.165, 1.54) is 0 Å². The van der Waals surface area contributed by atoms with Crippen LogP contribution in [0.5, 0.6) is 0 Å². The second-order valence-corrected chi connectivity index (χ2v) is 6.15. The fourth-order valence-electron chi connectivity index (χ4n) is 3.04. The quantitative estimate of drug-likeness (QED) is 0.883. The fourth-order valence-corrected chi connectivity index (χ4v) is 3.04. The molecule has 1 fully saturated rings. The van der Waals surface area contributed by atoms with Gasteiger partial charge in [-0.1, -0.05) is 48.8 Å². The molecule has 0 saturated carbocycles. The van der Waals surface area contributed by atoms with E-state index in [0.717, 1.165) is 44.3 Å². The highest BCUT2D eigenvalue weighted by molar-refractivity contribution is 5.78. The maximum Gasteiger partial charge on any atom is 0.244 e. The monoisotopic (exact) mass is 328 g/mol. The molecule has 1 atom stereocenters. The third-order valence-corrected chi connectivity index (χ3v) is 4.29. The van der Waals surface area contributed by atoms with Crippen LogP contribution in [0.4, 0.5) is 0 Å². The highest BCUT2D eigenvalue weighted by Crippen LogP contribution is 2.30. The van der Waals surface area contributed by atoms with Crippen molar-refractivity contribution in [2.24, 2.45) is 0 Å². The van der Waals surface area contributed by atoms with Gasteiger partial charge in [-0.25, -0.2) is 0 Å². The van der Waals surface area contributed by atoms with Crippen LogP contribution in [0.2, 0.25) is 0 Å². The number of hydrogen-bond donors (Lipinski definition) is 1. The summed E-state index contributed by atoms with van der Waals surface area (Å²) in [5.74, 6) is 1.27. The summed E-state index contributed by atoms with van der Waals surface area (Å²) in [4.78, 5) is 18.8. The summed E-state index contributed by atoms with van der Waals surface area (Å²) < 4.78 is 5.52. The normalized spacial score (nSPS) is 18.5. The summed E-state index contributed by atoms with van der Waals surface area (Å²) in [6.45, 7) is 4.03. The highest BCUT2D eigenvalue weighted by Gasteiger charge is 2.30. The first-order valence-corrected chi connectivity index (χ1v) is 8.67. The van der Waals surface area contributed by atoms with Crippen molar-refractivity contribution in [3.8, 4) is 11.4 Å². The van der Waals surface area contributed by atoms with Crippen molar-refractivity contribution >= 4 is 5.91 Å². The lowest BCUT2D eigenvalue weighted by Gasteiger charge is -2.32. The van der Waals surface area contributed by atoms with E-state index < -0.39 is 0 Å². The molecule has 1 aliphatic rings. The van der Waals surface area contributed by atoms with Crippen LogP contribution in [0.3, 0.4) is 0 Å². The van der Waals surface area contributed by atoms with Crippen molar-refractivity contribution in [2.75, 3.05) is 19.6 Å². The molecule has 1 unspecified atom stereocenters. The molecule has 0 spiro atoms. The van der Waals surface area contributed by atoms with E-state index in [1.54, 1.807) is 0 Å². The predicted octanol–water partition coefficient (Wildman–Crippen LogP) is 2.79. The number of nitrogens with zero attached hydrogens (tertiary/aromatic N) is 3. The predicted molar refractivity (Wildman–Crippen MR) is 91.2 cm³/mol. The van der Waals surface area contributed by atoms with Gasteiger partial charge >= 0.3 is 0 Å². The van der Waals surface area contributed by atoms with Crippen LogP contribution in [0.25, 0.3) is 11.4 Å². The van der Waals surface area contributed by atoms with E-state index in [4.69, 9.17) is 4.52 Å². The van der Waals surface area contributed by atoms with Crippen molar-refractivity contribution in [2.45, 2.75) is 38.6 Å². The Hall–Kier alpha value is -2.21.